The Kier molecular flexibility index (Phi) is 4.95. The van der Waals surface area contributed by atoms with E-state index in [2.05, 4.69) is 13.8 Å². The number of esters is 1. The minimum atomic E-state index is -3.42. The summed E-state index contributed by atoms with van der Waals surface area (Å²) in [7, 11) is 3.65. The maximum atomic E-state index is 13.6. The Labute approximate surface area is 95.7 Å². The minimum absolute atomic E-state index is 0.114. The number of halogens is 2. The molecule has 16 heavy (non-hydrogen) atoms. The van der Waals surface area contributed by atoms with Crippen LogP contribution in [0.5, 0.6) is 0 Å². The largest absolute Gasteiger partial charge is 0.429 e. The third-order valence-electron chi connectivity index (χ3n) is 2.01. The topological polar surface area (TPSA) is 54.0 Å². The fraction of sp³-hybridized carbons (Fsp3) is 0.857. The van der Waals surface area contributed by atoms with E-state index >= 15 is 0 Å². The van der Waals surface area contributed by atoms with Gasteiger partial charge in [-0.1, -0.05) is 0 Å². The highest BCUT2D eigenvalue weighted by Gasteiger charge is 2.61. The van der Waals surface area contributed by atoms with Gasteiger partial charge < -0.3 is 18.5 Å². The molecule has 0 aromatic heterocycles. The minimum Gasteiger partial charge on any atom is -0.429 e. The van der Waals surface area contributed by atoms with E-state index in [1.165, 1.54) is 0 Å². The second-order valence-electron chi connectivity index (χ2n) is 3.18. The van der Waals surface area contributed by atoms with Crippen LogP contribution in [0.1, 0.15) is 6.92 Å². The lowest BCUT2D eigenvalue weighted by atomic mass is 10.1. The van der Waals surface area contributed by atoms with Crippen LogP contribution in [-0.4, -0.2) is 37.0 Å². The summed E-state index contributed by atoms with van der Waals surface area (Å²) in [5.41, 5.74) is 0. The van der Waals surface area contributed by atoms with E-state index in [0.717, 1.165) is 6.92 Å². The fourth-order valence-electron chi connectivity index (χ4n) is 1.36. The summed E-state index contributed by atoms with van der Waals surface area (Å²) in [6, 6.07) is 0. The van der Waals surface area contributed by atoms with Crippen molar-refractivity contribution in [3.05, 3.63) is 0 Å². The van der Waals surface area contributed by atoms with Gasteiger partial charge in [0.05, 0.1) is 6.61 Å². The maximum absolute atomic E-state index is 13.6. The van der Waals surface area contributed by atoms with Crippen molar-refractivity contribution in [1.29, 1.82) is 0 Å². The average molecular weight is 276 g/mol. The number of hydrogen-bond donors (Lipinski definition) is 0. The summed E-state index contributed by atoms with van der Waals surface area (Å²) in [6.07, 6.45) is -4.49. The molecule has 0 N–H and O–H groups in total. The van der Waals surface area contributed by atoms with E-state index in [9.17, 15) is 13.6 Å². The Bertz CT molecular complexity index is 265. The maximum Gasteiger partial charge on any atom is 0.337 e. The SMILES string of the molecule is CC(=O)O[C@@H]1O[C@H](COP)[C@H](OP)C1(F)F. The smallest absolute Gasteiger partial charge is 0.337 e. The Morgan fingerprint density at radius 1 is 1.50 bits per heavy atom. The molecule has 9 heteroatoms. The summed E-state index contributed by atoms with van der Waals surface area (Å²) < 4.78 is 45.6. The molecule has 1 aliphatic heterocycles. The van der Waals surface area contributed by atoms with Crippen molar-refractivity contribution in [3.63, 3.8) is 0 Å². The molecule has 1 aliphatic rings. The Morgan fingerprint density at radius 3 is 2.56 bits per heavy atom. The van der Waals surface area contributed by atoms with E-state index < -0.39 is 30.4 Å². The normalized spacial score (nSPS) is 32.7. The van der Waals surface area contributed by atoms with E-state index in [4.69, 9.17) is 4.74 Å². The summed E-state index contributed by atoms with van der Waals surface area (Å²) in [6.45, 7) is 0.909. The van der Waals surface area contributed by atoms with Crippen LogP contribution in [0, 0.1) is 0 Å². The van der Waals surface area contributed by atoms with Crippen LogP contribution >= 0.6 is 18.9 Å². The Balaban J connectivity index is 2.78. The first-order chi connectivity index (χ1) is 7.43. The summed E-state index contributed by atoms with van der Waals surface area (Å²) >= 11 is 0. The number of hydrogen-bond acceptors (Lipinski definition) is 5. The summed E-state index contributed by atoms with van der Waals surface area (Å²) in [5, 5.41) is 0. The molecule has 2 unspecified atom stereocenters. The first kappa shape index (κ1) is 14.1. The zero-order valence-electron chi connectivity index (χ0n) is 8.39. The highest BCUT2D eigenvalue weighted by molar-refractivity contribution is 7.10. The fourth-order valence-corrected chi connectivity index (χ4v) is 1.91. The van der Waals surface area contributed by atoms with E-state index in [1.54, 1.807) is 9.47 Å². The number of rotatable bonds is 4. The second kappa shape index (κ2) is 5.61. The van der Waals surface area contributed by atoms with Gasteiger partial charge in [-0.05, 0) is 0 Å². The van der Waals surface area contributed by atoms with Crippen LogP contribution in [0.3, 0.4) is 0 Å². The lowest BCUT2D eigenvalue weighted by Gasteiger charge is -2.21. The second-order valence-corrected chi connectivity index (χ2v) is 3.79. The molecular formula is C7H12F2O5P2. The van der Waals surface area contributed by atoms with Gasteiger partial charge >= 0.3 is 11.9 Å². The first-order valence-electron chi connectivity index (χ1n) is 4.31. The lowest BCUT2D eigenvalue weighted by molar-refractivity contribution is -0.221. The van der Waals surface area contributed by atoms with Gasteiger partial charge in [0.1, 0.15) is 6.10 Å². The van der Waals surface area contributed by atoms with Gasteiger partial charge in [0.25, 0.3) is 6.29 Å². The molecule has 1 rings (SSSR count). The molecule has 5 nitrogen and oxygen atoms in total. The zero-order chi connectivity index (χ0) is 12.3. The molecule has 0 aliphatic carbocycles. The van der Waals surface area contributed by atoms with Crippen LogP contribution in [0.4, 0.5) is 8.78 Å². The van der Waals surface area contributed by atoms with E-state index in [1.807, 2.05) is 9.47 Å². The quantitative estimate of drug-likeness (QED) is 0.564. The van der Waals surface area contributed by atoms with Gasteiger partial charge in [-0.3, -0.25) is 4.79 Å². The van der Waals surface area contributed by atoms with Gasteiger partial charge in [0, 0.05) is 25.9 Å². The van der Waals surface area contributed by atoms with Crippen LogP contribution in [0.15, 0.2) is 0 Å². The van der Waals surface area contributed by atoms with Crippen molar-refractivity contribution in [2.45, 2.75) is 31.3 Å². The van der Waals surface area contributed by atoms with Gasteiger partial charge in [-0.2, -0.15) is 8.78 Å². The van der Waals surface area contributed by atoms with Crippen LogP contribution < -0.4 is 0 Å². The molecule has 0 amide bonds. The predicted octanol–water partition coefficient (Wildman–Crippen LogP) is 0.892. The molecule has 94 valence electrons. The average Bonchev–Trinajstić information content (AvgIpc) is 2.38. The number of carbonyl (C=O) groups is 1. The third-order valence-corrected chi connectivity index (χ3v) is 2.50. The van der Waals surface area contributed by atoms with Crippen molar-refractivity contribution in [3.8, 4) is 0 Å². The third kappa shape index (κ3) is 2.84. The van der Waals surface area contributed by atoms with E-state index in [-0.39, 0.29) is 6.61 Å². The molecule has 0 saturated carbocycles. The molecule has 1 fully saturated rings. The Hall–Kier alpha value is 0.0700. The van der Waals surface area contributed by atoms with Crippen molar-refractivity contribution >= 4 is 24.9 Å². The van der Waals surface area contributed by atoms with Gasteiger partial charge in [-0.25, -0.2) is 0 Å². The summed E-state index contributed by atoms with van der Waals surface area (Å²) in [5.74, 6) is -4.26. The number of alkyl halides is 2. The molecule has 0 radical (unpaired) electrons. The van der Waals surface area contributed by atoms with Gasteiger partial charge in [0.15, 0.2) is 6.10 Å². The number of carbonyl (C=O) groups excluding carboxylic acids is 1. The molecule has 0 aromatic carbocycles. The highest BCUT2D eigenvalue weighted by atomic mass is 31.0. The standard InChI is InChI=1S/C7H12F2O5P2/c1-3(10)12-6-7(8,9)5(14-16)4(13-6)2-11-15/h4-6H,2,15-16H2,1H3/t4-,5+,6-/m1/s1. The van der Waals surface area contributed by atoms with Gasteiger partial charge in [-0.15, -0.1) is 0 Å². The Morgan fingerprint density at radius 2 is 2.12 bits per heavy atom. The van der Waals surface area contributed by atoms with Crippen molar-refractivity contribution in [2.75, 3.05) is 6.61 Å². The van der Waals surface area contributed by atoms with Crippen molar-refractivity contribution in [2.24, 2.45) is 0 Å². The molecule has 1 saturated heterocycles. The number of ether oxygens (including phenoxy) is 2. The highest BCUT2D eigenvalue weighted by Crippen LogP contribution is 2.40. The summed E-state index contributed by atoms with van der Waals surface area (Å²) in [4.78, 5) is 10.6. The van der Waals surface area contributed by atoms with E-state index in [0.29, 0.717) is 0 Å². The molecule has 1 heterocycles. The van der Waals surface area contributed by atoms with Crippen molar-refractivity contribution in [1.82, 2.24) is 0 Å². The molecule has 0 bridgehead atoms. The molecule has 0 aromatic rings. The molecular weight excluding hydrogens is 264 g/mol. The first-order valence-corrected chi connectivity index (χ1v) is 5.25. The van der Waals surface area contributed by atoms with Gasteiger partial charge in [0.2, 0.25) is 0 Å². The van der Waals surface area contributed by atoms with Crippen LogP contribution in [0.25, 0.3) is 0 Å². The zero-order valence-corrected chi connectivity index (χ0v) is 10.7. The predicted molar refractivity (Wildman–Crippen MR) is 55.6 cm³/mol. The monoisotopic (exact) mass is 276 g/mol. The van der Waals surface area contributed by atoms with Crippen molar-refractivity contribution < 1.29 is 32.1 Å². The molecule has 0 spiro atoms. The molecule has 5 atom stereocenters. The lowest BCUT2D eigenvalue weighted by Crippen LogP contribution is -2.42. The van der Waals surface area contributed by atoms with Crippen LogP contribution in [0.2, 0.25) is 0 Å². The van der Waals surface area contributed by atoms with Crippen LogP contribution in [-0.2, 0) is 23.3 Å².